The molecule has 0 saturated heterocycles. The Labute approximate surface area is 233 Å². The molecular weight excluding hydrogens is 544 g/mol. The van der Waals surface area contributed by atoms with Crippen LogP contribution in [0.4, 0.5) is 0 Å². The summed E-state index contributed by atoms with van der Waals surface area (Å²) in [7, 11) is 1.29. The third kappa shape index (κ3) is 6.54. The summed E-state index contributed by atoms with van der Waals surface area (Å²) >= 11 is 0. The molecule has 0 radical (unpaired) electrons. The molecule has 1 amide bonds. The number of esters is 1. The fourth-order valence-electron chi connectivity index (χ4n) is 3.60. The summed E-state index contributed by atoms with van der Waals surface area (Å²) in [5.74, 6) is -1.75. The second kappa shape index (κ2) is 12.7. The zero-order chi connectivity index (χ0) is 28.1. The summed E-state index contributed by atoms with van der Waals surface area (Å²) < 4.78 is 10.9. The Morgan fingerprint density at radius 2 is 1.85 bits per heavy atom. The molecular formula is C25H25ClN8O6. The van der Waals surface area contributed by atoms with E-state index >= 15 is 0 Å². The van der Waals surface area contributed by atoms with E-state index in [1.54, 1.807) is 31.2 Å². The lowest BCUT2D eigenvalue weighted by Gasteiger charge is -2.14. The highest BCUT2D eigenvalue weighted by molar-refractivity contribution is 5.96. The molecule has 0 unspecified atom stereocenters. The van der Waals surface area contributed by atoms with Crippen molar-refractivity contribution < 1.29 is 28.6 Å². The van der Waals surface area contributed by atoms with Crippen LogP contribution in [0.2, 0.25) is 0 Å². The third-order valence-corrected chi connectivity index (χ3v) is 5.60. The first-order valence-electron chi connectivity index (χ1n) is 11.6. The molecule has 5 rings (SSSR count). The Hall–Kier alpha value is -4.95. The van der Waals surface area contributed by atoms with Crippen molar-refractivity contribution in [3.8, 4) is 0 Å². The molecule has 0 bridgehead atoms. The molecule has 4 N–H and O–H groups in total. The first kappa shape index (κ1) is 29.6. The van der Waals surface area contributed by atoms with Crippen LogP contribution in [0.1, 0.15) is 61.3 Å². The molecule has 208 valence electrons. The number of methoxy groups -OCH3 is 1. The number of carboxylic acid groups (broad SMARTS) is 1. The van der Waals surface area contributed by atoms with Gasteiger partial charge in [-0.2, -0.15) is 4.52 Å². The van der Waals surface area contributed by atoms with Crippen LogP contribution in [0, 0.1) is 6.92 Å². The van der Waals surface area contributed by atoms with Crippen LogP contribution < -0.4 is 11.1 Å². The smallest absolute Gasteiger partial charge is 0.354 e. The van der Waals surface area contributed by atoms with Gasteiger partial charge >= 0.3 is 11.9 Å². The lowest BCUT2D eigenvalue weighted by molar-refractivity contribution is 0.0599. The van der Waals surface area contributed by atoms with Gasteiger partial charge in [-0.3, -0.25) is 4.79 Å². The maximum Gasteiger partial charge on any atom is 0.354 e. The summed E-state index contributed by atoms with van der Waals surface area (Å²) in [6.45, 7) is 4.12. The Balaban J connectivity index is 0.000000283. The van der Waals surface area contributed by atoms with Crippen LogP contribution in [0.25, 0.3) is 16.9 Å². The molecule has 0 aliphatic heterocycles. The number of nitrogens with zero attached hydrogens (tertiary/aromatic N) is 6. The van der Waals surface area contributed by atoms with Crippen LogP contribution in [-0.2, 0) is 11.3 Å². The van der Waals surface area contributed by atoms with E-state index in [2.05, 4.69) is 35.5 Å². The average Bonchev–Trinajstić information content (AvgIpc) is 3.57. The highest BCUT2D eigenvalue weighted by atomic mass is 35.5. The number of halogens is 1. The van der Waals surface area contributed by atoms with Gasteiger partial charge in [0, 0.05) is 19.5 Å². The average molecular weight is 569 g/mol. The molecule has 0 aliphatic rings. The summed E-state index contributed by atoms with van der Waals surface area (Å²) in [5, 5.41) is 22.4. The summed E-state index contributed by atoms with van der Waals surface area (Å²) in [4.78, 5) is 43.4. The van der Waals surface area contributed by atoms with Crippen molar-refractivity contribution in [1.82, 2.24) is 35.3 Å². The Morgan fingerprint density at radius 3 is 2.50 bits per heavy atom. The lowest BCUT2D eigenvalue weighted by Crippen LogP contribution is -2.28. The van der Waals surface area contributed by atoms with Gasteiger partial charge in [-0.05, 0) is 52.7 Å². The van der Waals surface area contributed by atoms with E-state index in [9.17, 15) is 19.5 Å². The van der Waals surface area contributed by atoms with E-state index in [1.807, 2.05) is 25.1 Å². The van der Waals surface area contributed by atoms with Gasteiger partial charge in [0.2, 0.25) is 0 Å². The molecule has 0 spiro atoms. The van der Waals surface area contributed by atoms with Gasteiger partial charge in [0.15, 0.2) is 17.2 Å². The molecule has 5 aromatic rings. The number of hydrogen-bond acceptors (Lipinski definition) is 11. The number of carboxylic acids is 1. The van der Waals surface area contributed by atoms with Crippen LogP contribution >= 0.6 is 12.4 Å². The van der Waals surface area contributed by atoms with Crippen molar-refractivity contribution in [3.05, 3.63) is 82.5 Å². The molecule has 0 saturated carbocycles. The predicted octanol–water partition coefficient (Wildman–Crippen LogP) is 2.51. The standard InChI is InChI=1S/C16H14N6O5.C9H10N2O.ClH/c1-8(9-3-5-10(6-4-9)15(26)27-2)17-13(23)11-7-12(14(24)25)22-16(18-11)19-20-21-22;1-6-11-8-4-7(5-10)2-3-9(8)12-6;/h3-8H,1-2H3,(H,17,23)(H,24,25);2-4H,5,10H2,1H3;1H/t8-;;/m0../s1. The van der Waals surface area contributed by atoms with E-state index in [-0.39, 0.29) is 29.6 Å². The van der Waals surface area contributed by atoms with Crippen molar-refractivity contribution in [2.24, 2.45) is 5.73 Å². The predicted molar refractivity (Wildman–Crippen MR) is 143 cm³/mol. The molecule has 0 fully saturated rings. The van der Waals surface area contributed by atoms with Crippen molar-refractivity contribution in [2.75, 3.05) is 7.11 Å². The molecule has 2 aromatic carbocycles. The van der Waals surface area contributed by atoms with Crippen molar-refractivity contribution >= 4 is 47.1 Å². The first-order chi connectivity index (χ1) is 18.7. The van der Waals surface area contributed by atoms with Crippen LogP contribution in [-0.4, -0.2) is 60.1 Å². The van der Waals surface area contributed by atoms with Gasteiger partial charge in [-0.25, -0.2) is 19.6 Å². The molecule has 3 heterocycles. The van der Waals surface area contributed by atoms with Crippen molar-refractivity contribution in [1.29, 1.82) is 0 Å². The number of hydrogen-bond donors (Lipinski definition) is 3. The second-order valence-corrected chi connectivity index (χ2v) is 8.27. The van der Waals surface area contributed by atoms with Gasteiger partial charge in [0.05, 0.1) is 18.7 Å². The fraction of sp³-hybridized carbons (Fsp3) is 0.200. The number of aryl methyl sites for hydroxylation is 1. The van der Waals surface area contributed by atoms with Gasteiger partial charge in [0.25, 0.3) is 11.7 Å². The lowest BCUT2D eigenvalue weighted by atomic mass is 10.1. The van der Waals surface area contributed by atoms with E-state index in [0.717, 1.165) is 32.8 Å². The molecule has 3 aromatic heterocycles. The SMILES string of the molecule is COC(=O)c1ccc([C@H](C)NC(=O)c2cc(C(=O)O)n3nnnc3n2)cc1.Cc1nc2cc(CN)ccc2o1.Cl. The highest BCUT2D eigenvalue weighted by Crippen LogP contribution is 2.17. The summed E-state index contributed by atoms with van der Waals surface area (Å²) in [6.07, 6.45) is 0. The van der Waals surface area contributed by atoms with Gasteiger partial charge < -0.3 is 25.3 Å². The number of aromatic nitrogens is 6. The first-order valence-corrected chi connectivity index (χ1v) is 11.6. The normalized spacial score (nSPS) is 11.2. The van der Waals surface area contributed by atoms with E-state index in [1.165, 1.54) is 7.11 Å². The molecule has 0 aliphatic carbocycles. The number of aromatic carboxylic acids is 1. The molecule has 1 atom stereocenters. The zero-order valence-corrected chi connectivity index (χ0v) is 22.4. The molecule has 40 heavy (non-hydrogen) atoms. The van der Waals surface area contributed by atoms with Gasteiger partial charge in [-0.15, -0.1) is 12.4 Å². The monoisotopic (exact) mass is 568 g/mol. The Morgan fingerprint density at radius 1 is 1.12 bits per heavy atom. The number of benzene rings is 2. The Bertz CT molecular complexity index is 1670. The number of rotatable bonds is 6. The Kier molecular flexibility index (Phi) is 9.42. The van der Waals surface area contributed by atoms with E-state index in [4.69, 9.17) is 10.2 Å². The number of ether oxygens (including phenoxy) is 1. The minimum absolute atomic E-state index is 0. The maximum absolute atomic E-state index is 12.5. The van der Waals surface area contributed by atoms with E-state index < -0.39 is 23.9 Å². The third-order valence-electron chi connectivity index (χ3n) is 5.60. The van der Waals surface area contributed by atoms with Crippen molar-refractivity contribution in [2.45, 2.75) is 26.4 Å². The number of fused-ring (bicyclic) bond motifs is 2. The van der Waals surface area contributed by atoms with E-state index in [0.29, 0.717) is 18.0 Å². The zero-order valence-electron chi connectivity index (χ0n) is 21.6. The number of carbonyl (C=O) groups is 3. The largest absolute Gasteiger partial charge is 0.477 e. The molecule has 14 nitrogen and oxygen atoms in total. The maximum atomic E-state index is 12.5. The van der Waals surface area contributed by atoms with Crippen LogP contribution in [0.3, 0.4) is 0 Å². The van der Waals surface area contributed by atoms with Crippen LogP contribution in [0.5, 0.6) is 0 Å². The minimum atomic E-state index is -1.30. The fourth-order valence-corrected chi connectivity index (χ4v) is 3.60. The number of carbonyl (C=O) groups excluding carboxylic acids is 2. The number of tetrazole rings is 1. The summed E-state index contributed by atoms with van der Waals surface area (Å²) in [5.41, 5.74) is 8.98. The number of nitrogens with one attached hydrogen (secondary N) is 1. The highest BCUT2D eigenvalue weighted by Gasteiger charge is 2.20. The topological polar surface area (TPSA) is 201 Å². The minimum Gasteiger partial charge on any atom is -0.477 e. The second-order valence-electron chi connectivity index (χ2n) is 8.27. The summed E-state index contributed by atoms with van der Waals surface area (Å²) in [6, 6.07) is 13.0. The number of oxazole rings is 1. The quantitative estimate of drug-likeness (QED) is 0.253. The molecule has 15 heteroatoms. The van der Waals surface area contributed by atoms with Crippen molar-refractivity contribution in [3.63, 3.8) is 0 Å². The number of amides is 1. The van der Waals surface area contributed by atoms with Crippen LogP contribution in [0.15, 0.2) is 52.9 Å². The van der Waals surface area contributed by atoms with Gasteiger partial charge in [-0.1, -0.05) is 23.3 Å². The number of nitrogens with two attached hydrogens (primary N) is 1. The van der Waals surface area contributed by atoms with Gasteiger partial charge in [0.1, 0.15) is 11.2 Å².